The zero-order valence-corrected chi connectivity index (χ0v) is 21.5. The Balaban J connectivity index is 1.33. The van der Waals surface area contributed by atoms with Gasteiger partial charge < -0.3 is 15.5 Å². The van der Waals surface area contributed by atoms with E-state index in [-0.39, 0.29) is 18.0 Å². The van der Waals surface area contributed by atoms with Gasteiger partial charge in [0.05, 0.1) is 33.7 Å². The Morgan fingerprint density at radius 1 is 1.00 bits per heavy atom. The number of carbonyl (C=O) groups is 1. The van der Waals surface area contributed by atoms with E-state index in [1.165, 1.54) is 0 Å². The van der Waals surface area contributed by atoms with E-state index >= 15 is 0 Å². The van der Waals surface area contributed by atoms with Gasteiger partial charge in [0.15, 0.2) is 10.2 Å². The summed E-state index contributed by atoms with van der Waals surface area (Å²) in [5.41, 5.74) is 3.67. The summed E-state index contributed by atoms with van der Waals surface area (Å²) in [6.07, 6.45) is 4.12. The first-order valence-corrected chi connectivity index (χ1v) is 13.3. The van der Waals surface area contributed by atoms with Crippen LogP contribution in [-0.4, -0.2) is 37.0 Å². The highest BCUT2D eigenvalue weighted by Crippen LogP contribution is 2.40. The lowest BCUT2D eigenvalue weighted by molar-refractivity contribution is -0.116. The summed E-state index contributed by atoms with van der Waals surface area (Å²) in [5, 5.41) is 7.93. The number of hydrogen-bond donors (Lipinski definition) is 2. The van der Waals surface area contributed by atoms with Crippen molar-refractivity contribution in [2.24, 2.45) is 0 Å². The van der Waals surface area contributed by atoms with Crippen LogP contribution in [-0.2, 0) is 4.79 Å². The average Bonchev–Trinajstić information content (AvgIpc) is 3.65. The van der Waals surface area contributed by atoms with E-state index in [2.05, 4.69) is 37.2 Å². The molecule has 0 unspecified atom stereocenters. The van der Waals surface area contributed by atoms with E-state index in [0.717, 1.165) is 32.4 Å². The zero-order chi connectivity index (χ0) is 25.2. The Morgan fingerprint density at radius 3 is 2.62 bits per heavy atom. The highest BCUT2D eigenvalue weighted by Gasteiger charge is 2.41. The first-order chi connectivity index (χ1) is 18.2. The summed E-state index contributed by atoms with van der Waals surface area (Å²) in [6.45, 7) is 0.462. The number of nitrogens with one attached hydrogen (secondary N) is 2. The molecule has 2 N–H and O–H groups in total. The molecule has 1 aliphatic heterocycles. The molecular formula is C28H24N6OS2. The molecule has 184 valence electrons. The molecule has 1 saturated heterocycles. The van der Waals surface area contributed by atoms with Crippen LogP contribution in [0.3, 0.4) is 0 Å². The molecule has 4 heterocycles. The number of amides is 1. The predicted molar refractivity (Wildman–Crippen MR) is 151 cm³/mol. The molecule has 2 aromatic carbocycles. The summed E-state index contributed by atoms with van der Waals surface area (Å²) >= 11 is 7.44. The van der Waals surface area contributed by atoms with Gasteiger partial charge in [-0.3, -0.25) is 14.3 Å². The minimum Gasteiger partial charge on any atom is -0.352 e. The van der Waals surface area contributed by atoms with Crippen LogP contribution in [0, 0.1) is 0 Å². The SMILES string of the molecule is O=C(CCN1C(=S)N[C@@H](c2ccccn2)[C@H]1c1cccn1-c1nc2ccccc2s1)Nc1ccccc1. The lowest BCUT2D eigenvalue weighted by Gasteiger charge is -2.28. The smallest absolute Gasteiger partial charge is 0.226 e. The van der Waals surface area contributed by atoms with Crippen molar-refractivity contribution < 1.29 is 4.79 Å². The summed E-state index contributed by atoms with van der Waals surface area (Å²) < 4.78 is 3.26. The van der Waals surface area contributed by atoms with Crippen LogP contribution in [0.5, 0.6) is 0 Å². The van der Waals surface area contributed by atoms with Crippen molar-refractivity contribution in [3.63, 3.8) is 0 Å². The van der Waals surface area contributed by atoms with Crippen LogP contribution >= 0.6 is 23.6 Å². The van der Waals surface area contributed by atoms with Crippen molar-refractivity contribution in [3.05, 3.63) is 109 Å². The van der Waals surface area contributed by atoms with Crippen molar-refractivity contribution >= 4 is 50.5 Å². The lowest BCUT2D eigenvalue weighted by atomic mass is 10.0. The fourth-order valence-corrected chi connectivity index (χ4v) is 6.01. The number of benzene rings is 2. The van der Waals surface area contributed by atoms with E-state index in [1.807, 2.05) is 79.0 Å². The van der Waals surface area contributed by atoms with Crippen LogP contribution in [0.25, 0.3) is 15.3 Å². The predicted octanol–water partition coefficient (Wildman–Crippen LogP) is 5.48. The molecule has 1 fully saturated rings. The molecule has 37 heavy (non-hydrogen) atoms. The number of aromatic nitrogens is 3. The molecule has 9 heteroatoms. The Bertz CT molecular complexity index is 1520. The monoisotopic (exact) mass is 524 g/mol. The number of para-hydroxylation sites is 2. The molecule has 0 radical (unpaired) electrons. The van der Waals surface area contributed by atoms with E-state index < -0.39 is 0 Å². The summed E-state index contributed by atoms with van der Waals surface area (Å²) in [6, 6.07) is 27.3. The van der Waals surface area contributed by atoms with E-state index in [4.69, 9.17) is 17.2 Å². The number of thiazole rings is 1. The third-order valence-electron chi connectivity index (χ3n) is 6.41. The second-order valence-corrected chi connectivity index (χ2v) is 10.1. The molecule has 0 spiro atoms. The van der Waals surface area contributed by atoms with Gasteiger partial charge in [-0.1, -0.05) is 47.7 Å². The quantitative estimate of drug-likeness (QED) is 0.275. The standard InChI is InChI=1S/C28H24N6OS2/c35-24(30-19-9-2-1-3-10-19)15-18-34-26(25(32-27(34)36)21-12-6-7-16-29-21)22-13-8-17-33(22)28-31-20-11-4-5-14-23(20)37-28/h1-14,16-17,25-26H,15,18H2,(H,30,35)(H,32,36)/t25-,26+/m0/s1. The van der Waals surface area contributed by atoms with Gasteiger partial charge in [-0.25, -0.2) is 4.98 Å². The molecule has 7 nitrogen and oxygen atoms in total. The Morgan fingerprint density at radius 2 is 1.81 bits per heavy atom. The minimum atomic E-state index is -0.172. The molecule has 2 atom stereocenters. The van der Waals surface area contributed by atoms with Crippen LogP contribution in [0.15, 0.2) is 97.3 Å². The van der Waals surface area contributed by atoms with Gasteiger partial charge in [0.25, 0.3) is 0 Å². The summed E-state index contributed by atoms with van der Waals surface area (Å²) in [7, 11) is 0. The van der Waals surface area contributed by atoms with Gasteiger partial charge in [0, 0.05) is 31.0 Å². The molecule has 1 amide bonds. The maximum atomic E-state index is 12.8. The number of anilines is 1. The van der Waals surface area contributed by atoms with E-state index in [1.54, 1.807) is 17.5 Å². The first kappa shape index (κ1) is 23.3. The van der Waals surface area contributed by atoms with Crippen LogP contribution in [0.2, 0.25) is 0 Å². The van der Waals surface area contributed by atoms with Crippen molar-refractivity contribution in [3.8, 4) is 5.13 Å². The van der Waals surface area contributed by atoms with Crippen molar-refractivity contribution in [2.45, 2.75) is 18.5 Å². The number of fused-ring (bicyclic) bond motifs is 1. The lowest BCUT2D eigenvalue weighted by Crippen LogP contribution is -2.33. The number of hydrogen-bond acceptors (Lipinski definition) is 5. The molecule has 5 aromatic rings. The van der Waals surface area contributed by atoms with Crippen molar-refractivity contribution in [1.82, 2.24) is 24.8 Å². The topological polar surface area (TPSA) is 75.1 Å². The van der Waals surface area contributed by atoms with Crippen LogP contribution in [0.4, 0.5) is 5.69 Å². The van der Waals surface area contributed by atoms with E-state index in [9.17, 15) is 4.79 Å². The second-order valence-electron chi connectivity index (χ2n) is 8.75. The molecule has 1 aliphatic rings. The minimum absolute atomic E-state index is 0.0596. The highest BCUT2D eigenvalue weighted by molar-refractivity contribution is 7.80. The second kappa shape index (κ2) is 10.1. The normalized spacial score (nSPS) is 17.2. The van der Waals surface area contributed by atoms with Gasteiger partial charge in [-0.05, 0) is 60.7 Å². The molecule has 0 saturated carbocycles. The van der Waals surface area contributed by atoms with E-state index in [0.29, 0.717) is 18.1 Å². The molecule has 0 aliphatic carbocycles. The van der Waals surface area contributed by atoms with Crippen LogP contribution in [0.1, 0.15) is 29.9 Å². The largest absolute Gasteiger partial charge is 0.352 e. The fourth-order valence-electron chi connectivity index (χ4n) is 4.71. The molecule has 0 bridgehead atoms. The van der Waals surface area contributed by atoms with Gasteiger partial charge in [0.2, 0.25) is 5.91 Å². The fraction of sp³-hybridized carbons (Fsp3) is 0.143. The van der Waals surface area contributed by atoms with Gasteiger partial charge in [-0.2, -0.15) is 0 Å². The van der Waals surface area contributed by atoms with Gasteiger partial charge in [-0.15, -0.1) is 0 Å². The number of rotatable bonds is 7. The van der Waals surface area contributed by atoms with Gasteiger partial charge >= 0.3 is 0 Å². The third-order valence-corrected chi connectivity index (χ3v) is 7.80. The maximum absolute atomic E-state index is 12.8. The first-order valence-electron chi connectivity index (χ1n) is 12.0. The number of carbonyl (C=O) groups excluding carboxylic acids is 1. The summed E-state index contributed by atoms with van der Waals surface area (Å²) in [4.78, 5) is 24.4. The Kier molecular flexibility index (Phi) is 6.38. The molecule has 6 rings (SSSR count). The number of thiocarbonyl (C=S) groups is 1. The summed E-state index contributed by atoms with van der Waals surface area (Å²) in [5.74, 6) is -0.0596. The van der Waals surface area contributed by atoms with Gasteiger partial charge in [0.1, 0.15) is 0 Å². The van der Waals surface area contributed by atoms with Crippen molar-refractivity contribution in [2.75, 3.05) is 11.9 Å². The molecule has 3 aromatic heterocycles. The Labute approximate surface area is 223 Å². The van der Waals surface area contributed by atoms with Crippen molar-refractivity contribution in [1.29, 1.82) is 0 Å². The Hall–Kier alpha value is -4.08. The van der Waals surface area contributed by atoms with Crippen LogP contribution < -0.4 is 10.6 Å². The highest BCUT2D eigenvalue weighted by atomic mass is 32.1. The average molecular weight is 525 g/mol. The number of nitrogens with zero attached hydrogens (tertiary/aromatic N) is 4. The zero-order valence-electron chi connectivity index (χ0n) is 19.8. The maximum Gasteiger partial charge on any atom is 0.226 e. The molecular weight excluding hydrogens is 500 g/mol. The number of pyridine rings is 1. The third kappa shape index (κ3) is 4.71.